The number of hydrogen-bond acceptors (Lipinski definition) is 3. The largest absolute Gasteiger partial charge is 0.406 e. The maximum atomic E-state index is 12.5. The van der Waals surface area contributed by atoms with Crippen LogP contribution < -0.4 is 5.32 Å². The van der Waals surface area contributed by atoms with Crippen molar-refractivity contribution in [3.63, 3.8) is 0 Å². The normalized spacial score (nSPS) is 19.7. The maximum absolute atomic E-state index is 12.5. The minimum Gasteiger partial charge on any atom is -0.338 e. The molecule has 0 bridgehead atoms. The van der Waals surface area contributed by atoms with Crippen LogP contribution in [0.25, 0.3) is 0 Å². The van der Waals surface area contributed by atoms with Crippen molar-refractivity contribution in [2.45, 2.75) is 37.9 Å². The summed E-state index contributed by atoms with van der Waals surface area (Å²) >= 11 is 0. The predicted molar refractivity (Wildman–Crippen MR) is 87.7 cm³/mol. The third-order valence-corrected chi connectivity index (χ3v) is 4.36. The van der Waals surface area contributed by atoms with Gasteiger partial charge in [-0.15, -0.1) is 0 Å². The van der Waals surface area contributed by atoms with E-state index in [4.69, 9.17) is 0 Å². The molecule has 8 heteroatoms. The molecule has 1 N–H and O–H groups in total. The topological polar surface area (TPSA) is 73.2 Å². The van der Waals surface area contributed by atoms with Gasteiger partial charge in [0.2, 0.25) is 11.8 Å². The number of hydrogen-bond donors (Lipinski definition) is 1. The summed E-state index contributed by atoms with van der Waals surface area (Å²) in [5.74, 6) is -2.15. The number of rotatable bonds is 6. The number of nitriles is 1. The first-order chi connectivity index (χ1) is 12.1. The third-order valence-electron chi connectivity index (χ3n) is 4.36. The molecule has 1 aliphatic rings. The molecule has 1 saturated heterocycles. The average Bonchev–Trinajstić information content (AvgIpc) is 2.93. The highest BCUT2D eigenvalue weighted by Crippen LogP contribution is 2.25. The molecule has 0 unspecified atom stereocenters. The Morgan fingerprint density at radius 3 is 2.58 bits per heavy atom. The number of benzene rings is 1. The van der Waals surface area contributed by atoms with Crippen LogP contribution in [0.15, 0.2) is 30.3 Å². The molecule has 2 rings (SSSR count). The van der Waals surface area contributed by atoms with Gasteiger partial charge in [0.1, 0.15) is 12.1 Å². The predicted octanol–water partition coefficient (Wildman–Crippen LogP) is 2.43. The fourth-order valence-electron chi connectivity index (χ4n) is 2.88. The van der Waals surface area contributed by atoms with Gasteiger partial charge in [0.15, 0.2) is 0 Å². The minimum atomic E-state index is -4.50. The van der Waals surface area contributed by atoms with Gasteiger partial charge in [0, 0.05) is 13.0 Å². The maximum Gasteiger partial charge on any atom is 0.406 e. The van der Waals surface area contributed by atoms with Crippen LogP contribution in [0, 0.1) is 17.2 Å². The number of aryl methyl sites for hydroxylation is 1. The van der Waals surface area contributed by atoms with Crippen molar-refractivity contribution in [3.05, 3.63) is 35.9 Å². The quantitative estimate of drug-likeness (QED) is 0.839. The molecule has 1 aliphatic heterocycles. The fraction of sp³-hybridized carbons (Fsp3) is 0.500. The summed E-state index contributed by atoms with van der Waals surface area (Å²) in [6.45, 7) is -0.0817. The second kappa shape index (κ2) is 7.77. The first-order valence-electron chi connectivity index (χ1n) is 8.23. The summed E-state index contributed by atoms with van der Waals surface area (Å²) in [6.07, 6.45) is -3.86. The Balaban J connectivity index is 1.94. The Labute approximate surface area is 149 Å². The lowest BCUT2D eigenvalue weighted by Gasteiger charge is -2.25. The van der Waals surface area contributed by atoms with E-state index in [9.17, 15) is 28.0 Å². The van der Waals surface area contributed by atoms with Gasteiger partial charge in [-0.2, -0.15) is 18.4 Å². The molecular weight excluding hydrogens is 347 g/mol. The molecule has 2 atom stereocenters. The van der Waals surface area contributed by atoms with E-state index in [0.717, 1.165) is 5.56 Å². The number of alkyl halides is 3. The summed E-state index contributed by atoms with van der Waals surface area (Å²) < 4.78 is 37.4. The van der Waals surface area contributed by atoms with Crippen molar-refractivity contribution in [1.82, 2.24) is 10.2 Å². The van der Waals surface area contributed by atoms with E-state index in [1.807, 2.05) is 30.3 Å². The van der Waals surface area contributed by atoms with Gasteiger partial charge < -0.3 is 10.2 Å². The fourth-order valence-corrected chi connectivity index (χ4v) is 2.88. The molecule has 0 aromatic heterocycles. The minimum absolute atomic E-state index is 0.276. The molecule has 140 valence electrons. The summed E-state index contributed by atoms with van der Waals surface area (Å²) in [4.78, 5) is 24.7. The van der Waals surface area contributed by atoms with E-state index in [2.05, 4.69) is 11.4 Å². The van der Waals surface area contributed by atoms with Crippen LogP contribution >= 0.6 is 0 Å². The highest BCUT2D eigenvalue weighted by atomic mass is 19.4. The molecule has 26 heavy (non-hydrogen) atoms. The average molecular weight is 367 g/mol. The van der Waals surface area contributed by atoms with Gasteiger partial charge in [-0.05, 0) is 25.3 Å². The molecule has 0 aliphatic carbocycles. The second-order valence-corrected chi connectivity index (χ2v) is 6.71. The lowest BCUT2D eigenvalue weighted by Crippen LogP contribution is -2.48. The van der Waals surface area contributed by atoms with Gasteiger partial charge in [0.25, 0.3) is 0 Å². The van der Waals surface area contributed by atoms with E-state index >= 15 is 0 Å². The highest BCUT2D eigenvalue weighted by Gasteiger charge is 2.41. The summed E-state index contributed by atoms with van der Waals surface area (Å²) in [7, 11) is 0. The first-order valence-corrected chi connectivity index (χ1v) is 8.23. The number of carbonyl (C=O) groups is 2. The van der Waals surface area contributed by atoms with Gasteiger partial charge in [-0.25, -0.2) is 0 Å². The molecule has 0 saturated carbocycles. The second-order valence-electron chi connectivity index (χ2n) is 6.71. The van der Waals surface area contributed by atoms with Gasteiger partial charge in [-0.1, -0.05) is 30.3 Å². The number of amides is 2. The lowest BCUT2D eigenvalue weighted by atomic mass is 9.93. The van der Waals surface area contributed by atoms with E-state index < -0.39 is 36.0 Å². The Bertz CT molecular complexity index is 700. The molecular formula is C18H20F3N3O2. The zero-order valence-corrected chi connectivity index (χ0v) is 14.3. The van der Waals surface area contributed by atoms with Crippen LogP contribution in [0.4, 0.5) is 13.2 Å². The summed E-state index contributed by atoms with van der Waals surface area (Å²) in [6, 6.07) is 11.5. The molecule has 1 fully saturated rings. The van der Waals surface area contributed by atoms with Crippen LogP contribution in [0.2, 0.25) is 0 Å². The molecule has 0 spiro atoms. The van der Waals surface area contributed by atoms with Crippen LogP contribution in [0.5, 0.6) is 0 Å². The van der Waals surface area contributed by atoms with E-state index in [1.165, 1.54) is 0 Å². The molecule has 5 nitrogen and oxygen atoms in total. The number of halogens is 3. The smallest absolute Gasteiger partial charge is 0.338 e. The monoisotopic (exact) mass is 367 g/mol. The van der Waals surface area contributed by atoms with E-state index in [-0.39, 0.29) is 13.0 Å². The molecule has 1 aromatic carbocycles. The first kappa shape index (κ1) is 19.8. The zero-order chi connectivity index (χ0) is 19.4. The number of carbonyl (C=O) groups excluding carboxylic acids is 2. The number of nitrogens with zero attached hydrogens (tertiary/aromatic N) is 2. The molecule has 1 aromatic rings. The van der Waals surface area contributed by atoms with Crippen molar-refractivity contribution >= 4 is 11.8 Å². The van der Waals surface area contributed by atoms with E-state index in [0.29, 0.717) is 17.7 Å². The Kier molecular flexibility index (Phi) is 5.90. The Hall–Kier alpha value is -2.56. The van der Waals surface area contributed by atoms with Crippen molar-refractivity contribution in [1.29, 1.82) is 5.26 Å². The van der Waals surface area contributed by atoms with Crippen molar-refractivity contribution in [2.75, 3.05) is 13.1 Å². The van der Waals surface area contributed by atoms with E-state index in [1.54, 1.807) is 6.92 Å². The van der Waals surface area contributed by atoms with Crippen molar-refractivity contribution in [2.24, 2.45) is 5.92 Å². The molecule has 1 heterocycles. The molecule has 0 radical (unpaired) electrons. The summed E-state index contributed by atoms with van der Waals surface area (Å²) in [5.41, 5.74) is -0.149. The highest BCUT2D eigenvalue weighted by molar-refractivity contribution is 5.89. The number of nitrogens with one attached hydrogen (secondary N) is 1. The van der Waals surface area contributed by atoms with Gasteiger partial charge in [0.05, 0.1) is 12.0 Å². The van der Waals surface area contributed by atoms with Gasteiger partial charge in [-0.3, -0.25) is 9.59 Å². The number of likely N-dealkylation sites (tertiary alicyclic amines) is 1. The Morgan fingerprint density at radius 1 is 1.35 bits per heavy atom. The van der Waals surface area contributed by atoms with Crippen LogP contribution in [0.1, 0.15) is 25.3 Å². The third kappa shape index (κ3) is 5.48. The summed E-state index contributed by atoms with van der Waals surface area (Å²) in [5, 5.41) is 12.0. The zero-order valence-electron chi connectivity index (χ0n) is 14.3. The van der Waals surface area contributed by atoms with Crippen LogP contribution in [0.3, 0.4) is 0 Å². The van der Waals surface area contributed by atoms with Crippen molar-refractivity contribution in [3.8, 4) is 6.07 Å². The Morgan fingerprint density at radius 2 is 2.00 bits per heavy atom. The van der Waals surface area contributed by atoms with Crippen LogP contribution in [-0.2, 0) is 16.0 Å². The SMILES string of the molecule is C[C@](C#N)(CCc1ccccc1)NC(=O)[C@@H]1CC(=O)N(CC(F)(F)F)C1. The van der Waals surface area contributed by atoms with Gasteiger partial charge >= 0.3 is 6.18 Å². The van der Waals surface area contributed by atoms with Crippen molar-refractivity contribution < 1.29 is 22.8 Å². The standard InChI is InChI=1S/C18H20F3N3O2/c1-17(11-22,8-7-13-5-3-2-4-6-13)23-16(26)14-9-15(25)24(10-14)12-18(19,20)21/h2-6,14H,7-10,12H2,1H3,(H,23,26)/t14-,17-/m1/s1. The molecule has 2 amide bonds. The lowest BCUT2D eigenvalue weighted by molar-refractivity contribution is -0.157. The van der Waals surface area contributed by atoms with Crippen LogP contribution in [-0.4, -0.2) is 41.5 Å².